The third kappa shape index (κ3) is 3.48. The maximum atomic E-state index is 5.92. The molecule has 2 aromatic rings. The lowest BCUT2D eigenvalue weighted by Crippen LogP contribution is -2.30. The Labute approximate surface area is 116 Å². The molecule has 6 heteroatoms. The lowest BCUT2D eigenvalue weighted by Gasteiger charge is -2.11. The predicted octanol–water partition coefficient (Wildman–Crippen LogP) is 2.45. The summed E-state index contributed by atoms with van der Waals surface area (Å²) in [5, 5.41) is 3.88. The number of rotatable bonds is 4. The Morgan fingerprint density at radius 3 is 2.74 bits per heavy atom. The van der Waals surface area contributed by atoms with Crippen LogP contribution in [0.5, 0.6) is 0 Å². The first-order valence-corrected chi connectivity index (χ1v) is 6.95. The first kappa shape index (κ1) is 13.9. The molecule has 0 aliphatic rings. The highest BCUT2D eigenvalue weighted by Crippen LogP contribution is 2.28. The number of hydrogen-bond acceptors (Lipinski definition) is 6. The van der Waals surface area contributed by atoms with Crippen molar-refractivity contribution in [3.63, 3.8) is 0 Å². The lowest BCUT2D eigenvalue weighted by molar-refractivity contribution is 0.370. The number of nitrogens with zero attached hydrogens (tertiary/aromatic N) is 2. The van der Waals surface area contributed by atoms with E-state index in [4.69, 9.17) is 16.0 Å². The molecule has 2 rings (SSSR count). The van der Waals surface area contributed by atoms with Gasteiger partial charge in [-0.25, -0.2) is 0 Å². The van der Waals surface area contributed by atoms with Crippen molar-refractivity contribution in [2.24, 2.45) is 5.73 Å². The number of benzene rings is 1. The lowest BCUT2D eigenvalue weighted by atomic mass is 10.1. The van der Waals surface area contributed by atoms with Crippen molar-refractivity contribution in [3.8, 4) is 0 Å². The summed E-state index contributed by atoms with van der Waals surface area (Å²) >= 11 is 1.58. The van der Waals surface area contributed by atoms with Crippen molar-refractivity contribution in [1.29, 1.82) is 0 Å². The molecule has 0 saturated carbocycles. The maximum Gasteiger partial charge on any atom is 0.237 e. The smallest absolute Gasteiger partial charge is 0.237 e. The topological polar surface area (TPSA) is 91.0 Å². The van der Waals surface area contributed by atoms with E-state index < -0.39 is 5.54 Å². The van der Waals surface area contributed by atoms with Crippen molar-refractivity contribution in [3.05, 3.63) is 35.5 Å². The van der Waals surface area contributed by atoms with Gasteiger partial charge in [0, 0.05) is 10.6 Å². The van der Waals surface area contributed by atoms with Crippen molar-refractivity contribution in [1.82, 2.24) is 10.1 Å². The van der Waals surface area contributed by atoms with E-state index in [1.807, 2.05) is 39.0 Å². The Balaban J connectivity index is 2.06. The molecule has 0 radical (unpaired) electrons. The van der Waals surface area contributed by atoms with E-state index in [2.05, 4.69) is 10.1 Å². The average molecular weight is 278 g/mol. The Hall–Kier alpha value is -1.53. The van der Waals surface area contributed by atoms with Gasteiger partial charge in [-0.1, -0.05) is 11.2 Å². The SMILES string of the molecule is Cc1ccc(N)c(SCc2nc(C(C)(C)N)no2)c1. The van der Waals surface area contributed by atoms with E-state index >= 15 is 0 Å². The molecule has 0 aliphatic carbocycles. The van der Waals surface area contributed by atoms with Crippen LogP contribution in [-0.2, 0) is 11.3 Å². The van der Waals surface area contributed by atoms with Crippen molar-refractivity contribution < 1.29 is 4.52 Å². The minimum Gasteiger partial charge on any atom is -0.398 e. The van der Waals surface area contributed by atoms with Gasteiger partial charge in [0.25, 0.3) is 0 Å². The summed E-state index contributed by atoms with van der Waals surface area (Å²) in [5.74, 6) is 1.65. The second-order valence-corrected chi connectivity index (χ2v) is 6.08. The van der Waals surface area contributed by atoms with Crippen LogP contribution in [0.2, 0.25) is 0 Å². The minimum absolute atomic E-state index is 0.514. The summed E-state index contributed by atoms with van der Waals surface area (Å²) in [6.07, 6.45) is 0. The zero-order valence-electron chi connectivity index (χ0n) is 11.3. The van der Waals surface area contributed by atoms with Crippen LogP contribution in [0.25, 0.3) is 0 Å². The third-order valence-corrected chi connectivity index (χ3v) is 3.62. The summed E-state index contributed by atoms with van der Waals surface area (Å²) in [5.41, 5.74) is 13.2. The van der Waals surface area contributed by atoms with Crippen LogP contribution < -0.4 is 11.5 Å². The van der Waals surface area contributed by atoms with Crippen LogP contribution >= 0.6 is 11.8 Å². The molecule has 0 aliphatic heterocycles. The van der Waals surface area contributed by atoms with Gasteiger partial charge >= 0.3 is 0 Å². The minimum atomic E-state index is -0.589. The van der Waals surface area contributed by atoms with Crippen LogP contribution in [0, 0.1) is 6.92 Å². The van der Waals surface area contributed by atoms with Gasteiger partial charge in [0.05, 0.1) is 11.3 Å². The highest BCUT2D eigenvalue weighted by molar-refractivity contribution is 7.98. The molecule has 19 heavy (non-hydrogen) atoms. The summed E-state index contributed by atoms with van der Waals surface area (Å²) in [4.78, 5) is 5.30. The molecule has 0 unspecified atom stereocenters. The van der Waals surface area contributed by atoms with Crippen LogP contribution in [0.3, 0.4) is 0 Å². The number of nitrogens with two attached hydrogens (primary N) is 2. The van der Waals surface area contributed by atoms with Crippen LogP contribution in [0.4, 0.5) is 5.69 Å². The molecule has 1 aromatic heterocycles. The Bertz CT molecular complexity index is 574. The van der Waals surface area contributed by atoms with E-state index in [1.165, 1.54) is 5.56 Å². The molecule has 0 fully saturated rings. The first-order valence-electron chi connectivity index (χ1n) is 5.97. The molecular weight excluding hydrogens is 260 g/mol. The Morgan fingerprint density at radius 1 is 1.37 bits per heavy atom. The van der Waals surface area contributed by atoms with Gasteiger partial charge in [0.1, 0.15) is 0 Å². The highest BCUT2D eigenvalue weighted by atomic mass is 32.2. The van der Waals surface area contributed by atoms with Gasteiger partial charge < -0.3 is 16.0 Å². The number of hydrogen-bond donors (Lipinski definition) is 2. The summed E-state index contributed by atoms with van der Waals surface area (Å²) < 4.78 is 5.18. The summed E-state index contributed by atoms with van der Waals surface area (Å²) in [6, 6.07) is 5.94. The van der Waals surface area contributed by atoms with Crippen molar-refractivity contribution >= 4 is 17.4 Å². The molecule has 0 saturated heterocycles. The fraction of sp³-hybridized carbons (Fsp3) is 0.385. The second-order valence-electron chi connectivity index (χ2n) is 5.06. The molecule has 0 amide bonds. The molecule has 102 valence electrons. The van der Waals surface area contributed by atoms with Gasteiger partial charge in [0.15, 0.2) is 5.82 Å². The molecule has 4 N–H and O–H groups in total. The number of aromatic nitrogens is 2. The zero-order valence-corrected chi connectivity index (χ0v) is 12.1. The predicted molar refractivity (Wildman–Crippen MR) is 76.7 cm³/mol. The summed E-state index contributed by atoms with van der Waals surface area (Å²) in [6.45, 7) is 5.71. The van der Waals surface area contributed by atoms with Gasteiger partial charge in [0.2, 0.25) is 5.89 Å². The fourth-order valence-corrected chi connectivity index (χ4v) is 2.38. The van der Waals surface area contributed by atoms with Gasteiger partial charge in [-0.3, -0.25) is 0 Å². The molecule has 0 spiro atoms. The van der Waals surface area contributed by atoms with E-state index in [9.17, 15) is 0 Å². The second kappa shape index (κ2) is 5.22. The zero-order chi connectivity index (χ0) is 14.0. The third-order valence-electron chi connectivity index (χ3n) is 2.56. The molecule has 1 aromatic carbocycles. The number of anilines is 1. The number of nitrogen functional groups attached to an aromatic ring is 1. The quantitative estimate of drug-likeness (QED) is 0.659. The van der Waals surface area contributed by atoms with Gasteiger partial charge in [-0.2, -0.15) is 4.98 Å². The normalized spacial score (nSPS) is 11.8. The molecule has 0 atom stereocenters. The van der Waals surface area contributed by atoms with Crippen molar-refractivity contribution in [2.45, 2.75) is 37.0 Å². The van der Waals surface area contributed by atoms with E-state index in [0.717, 1.165) is 10.6 Å². The fourth-order valence-electron chi connectivity index (χ4n) is 1.48. The van der Waals surface area contributed by atoms with Crippen LogP contribution in [-0.4, -0.2) is 10.1 Å². The highest BCUT2D eigenvalue weighted by Gasteiger charge is 2.21. The van der Waals surface area contributed by atoms with Crippen molar-refractivity contribution in [2.75, 3.05) is 5.73 Å². The van der Waals surface area contributed by atoms with Crippen LogP contribution in [0.1, 0.15) is 31.1 Å². The van der Waals surface area contributed by atoms with E-state index in [-0.39, 0.29) is 0 Å². The molecule has 5 nitrogen and oxygen atoms in total. The number of thioether (sulfide) groups is 1. The monoisotopic (exact) mass is 278 g/mol. The summed E-state index contributed by atoms with van der Waals surface area (Å²) in [7, 11) is 0. The largest absolute Gasteiger partial charge is 0.398 e. The maximum absolute atomic E-state index is 5.92. The van der Waals surface area contributed by atoms with Gasteiger partial charge in [-0.15, -0.1) is 11.8 Å². The van der Waals surface area contributed by atoms with Crippen LogP contribution in [0.15, 0.2) is 27.6 Å². The molecule has 1 heterocycles. The van der Waals surface area contributed by atoms with E-state index in [1.54, 1.807) is 11.8 Å². The number of aryl methyl sites for hydroxylation is 1. The Kier molecular flexibility index (Phi) is 3.82. The average Bonchev–Trinajstić information content (AvgIpc) is 2.79. The molecule has 0 bridgehead atoms. The van der Waals surface area contributed by atoms with Gasteiger partial charge in [-0.05, 0) is 38.5 Å². The Morgan fingerprint density at radius 2 is 2.11 bits per heavy atom. The van der Waals surface area contributed by atoms with E-state index in [0.29, 0.717) is 17.5 Å². The standard InChI is InChI=1S/C13H18N4OS/c1-8-4-5-9(14)10(6-8)19-7-11-16-12(17-18-11)13(2,3)15/h4-6H,7,14-15H2,1-3H3. The first-order chi connectivity index (χ1) is 8.86. The molecular formula is C13H18N4OS.